The zero-order chi connectivity index (χ0) is 16.2. The third kappa shape index (κ3) is 3.34. The molecule has 0 bridgehead atoms. The maximum Gasteiger partial charge on any atom is 0.229 e. The van der Waals surface area contributed by atoms with Gasteiger partial charge in [-0.05, 0) is 24.3 Å². The van der Waals surface area contributed by atoms with Crippen LogP contribution in [0.4, 0.5) is 11.4 Å². The van der Waals surface area contributed by atoms with Crippen LogP contribution in [-0.4, -0.2) is 25.5 Å². The van der Waals surface area contributed by atoms with Gasteiger partial charge in [0.05, 0.1) is 13.0 Å². The van der Waals surface area contributed by atoms with Crippen LogP contribution in [0.1, 0.15) is 6.42 Å². The lowest BCUT2D eigenvalue weighted by Crippen LogP contribution is -2.28. The lowest BCUT2D eigenvalue weighted by Gasteiger charge is -2.17. The van der Waals surface area contributed by atoms with Crippen LogP contribution in [0.3, 0.4) is 0 Å². The van der Waals surface area contributed by atoms with Crippen LogP contribution in [0.5, 0.6) is 5.75 Å². The molecule has 1 atom stereocenters. The molecule has 1 heterocycles. The quantitative estimate of drug-likeness (QED) is 0.944. The van der Waals surface area contributed by atoms with Gasteiger partial charge in [-0.25, -0.2) is 0 Å². The summed E-state index contributed by atoms with van der Waals surface area (Å²) in [4.78, 5) is 26.2. The molecule has 118 valence electrons. The average molecular weight is 310 g/mol. The van der Waals surface area contributed by atoms with E-state index in [1.807, 2.05) is 48.5 Å². The molecule has 1 aliphatic heterocycles. The van der Waals surface area contributed by atoms with E-state index in [1.54, 1.807) is 18.1 Å². The van der Waals surface area contributed by atoms with E-state index in [1.165, 1.54) is 0 Å². The van der Waals surface area contributed by atoms with E-state index in [4.69, 9.17) is 4.74 Å². The second kappa shape index (κ2) is 6.52. The first-order valence-electron chi connectivity index (χ1n) is 7.47. The SMILES string of the molecule is COc1cccc(N2CC(C(=O)Nc3ccccc3)CC2=O)c1. The van der Waals surface area contributed by atoms with Gasteiger partial charge in [0.15, 0.2) is 0 Å². The van der Waals surface area contributed by atoms with Gasteiger partial charge in [-0.3, -0.25) is 9.59 Å². The number of methoxy groups -OCH3 is 1. The third-order valence-corrected chi connectivity index (χ3v) is 3.90. The monoisotopic (exact) mass is 310 g/mol. The lowest BCUT2D eigenvalue weighted by atomic mass is 10.1. The lowest BCUT2D eigenvalue weighted by molar-refractivity contribution is -0.122. The van der Waals surface area contributed by atoms with Crippen molar-refractivity contribution in [2.24, 2.45) is 5.92 Å². The Kier molecular flexibility index (Phi) is 4.28. The molecule has 2 amide bonds. The topological polar surface area (TPSA) is 58.6 Å². The fraction of sp³-hybridized carbons (Fsp3) is 0.222. The van der Waals surface area contributed by atoms with Gasteiger partial charge in [-0.1, -0.05) is 24.3 Å². The first-order valence-corrected chi connectivity index (χ1v) is 7.47. The van der Waals surface area contributed by atoms with Crippen LogP contribution in [0.2, 0.25) is 0 Å². The van der Waals surface area contributed by atoms with Crippen molar-refractivity contribution in [3.63, 3.8) is 0 Å². The Morgan fingerprint density at radius 3 is 2.70 bits per heavy atom. The molecule has 0 aromatic heterocycles. The molecular formula is C18H18N2O3. The molecule has 2 aromatic carbocycles. The first-order chi connectivity index (χ1) is 11.2. The number of carbonyl (C=O) groups is 2. The van der Waals surface area contributed by atoms with Gasteiger partial charge in [0.25, 0.3) is 0 Å². The summed E-state index contributed by atoms with van der Waals surface area (Å²) >= 11 is 0. The highest BCUT2D eigenvalue weighted by atomic mass is 16.5. The Balaban J connectivity index is 1.70. The molecule has 0 saturated carbocycles. The van der Waals surface area contributed by atoms with Gasteiger partial charge >= 0.3 is 0 Å². The van der Waals surface area contributed by atoms with Gasteiger partial charge in [0, 0.05) is 30.4 Å². The molecule has 0 radical (unpaired) electrons. The third-order valence-electron chi connectivity index (χ3n) is 3.90. The zero-order valence-corrected chi connectivity index (χ0v) is 12.9. The Bertz CT molecular complexity index is 715. The zero-order valence-electron chi connectivity index (χ0n) is 12.9. The fourth-order valence-electron chi connectivity index (χ4n) is 2.68. The number of hydrogen-bond donors (Lipinski definition) is 1. The molecule has 1 saturated heterocycles. The van der Waals surface area contributed by atoms with E-state index in [0.717, 1.165) is 11.4 Å². The second-order valence-electron chi connectivity index (χ2n) is 5.46. The molecule has 23 heavy (non-hydrogen) atoms. The number of nitrogens with zero attached hydrogens (tertiary/aromatic N) is 1. The largest absolute Gasteiger partial charge is 0.497 e. The molecule has 1 aliphatic rings. The van der Waals surface area contributed by atoms with Gasteiger partial charge in [-0.15, -0.1) is 0 Å². The molecule has 2 aromatic rings. The van der Waals surface area contributed by atoms with Crippen LogP contribution in [0, 0.1) is 5.92 Å². The highest BCUT2D eigenvalue weighted by Crippen LogP contribution is 2.28. The molecule has 5 nitrogen and oxygen atoms in total. The molecular weight excluding hydrogens is 292 g/mol. The van der Waals surface area contributed by atoms with Crippen molar-refractivity contribution >= 4 is 23.2 Å². The van der Waals surface area contributed by atoms with Gasteiger partial charge < -0.3 is 15.0 Å². The van der Waals surface area contributed by atoms with E-state index >= 15 is 0 Å². The van der Waals surface area contributed by atoms with Crippen molar-refractivity contribution in [3.05, 3.63) is 54.6 Å². The minimum Gasteiger partial charge on any atom is -0.497 e. The Morgan fingerprint density at radius 2 is 1.96 bits per heavy atom. The summed E-state index contributed by atoms with van der Waals surface area (Å²) in [7, 11) is 1.58. The van der Waals surface area contributed by atoms with Gasteiger partial charge in [-0.2, -0.15) is 0 Å². The highest BCUT2D eigenvalue weighted by molar-refractivity contribution is 6.03. The maximum absolute atomic E-state index is 12.3. The summed E-state index contributed by atoms with van der Waals surface area (Å²) in [5.74, 6) is 0.155. The van der Waals surface area contributed by atoms with Crippen molar-refractivity contribution in [3.8, 4) is 5.75 Å². The van der Waals surface area contributed by atoms with Crippen molar-refractivity contribution in [1.82, 2.24) is 0 Å². The van der Waals surface area contributed by atoms with E-state index in [9.17, 15) is 9.59 Å². The molecule has 0 spiro atoms. The Morgan fingerprint density at radius 1 is 1.17 bits per heavy atom. The van der Waals surface area contributed by atoms with Crippen molar-refractivity contribution in [2.45, 2.75) is 6.42 Å². The molecule has 0 aliphatic carbocycles. The predicted octanol–water partition coefficient (Wildman–Crippen LogP) is 2.69. The first kappa shape index (κ1) is 15.1. The van der Waals surface area contributed by atoms with Crippen molar-refractivity contribution in [1.29, 1.82) is 0 Å². The summed E-state index contributed by atoms with van der Waals surface area (Å²) < 4.78 is 5.19. The average Bonchev–Trinajstić information content (AvgIpc) is 2.98. The van der Waals surface area contributed by atoms with Crippen LogP contribution in [-0.2, 0) is 9.59 Å². The number of amides is 2. The number of para-hydroxylation sites is 1. The van der Waals surface area contributed by atoms with Crippen LogP contribution in [0.25, 0.3) is 0 Å². The number of benzene rings is 2. The number of rotatable bonds is 4. The highest BCUT2D eigenvalue weighted by Gasteiger charge is 2.35. The number of ether oxygens (including phenoxy) is 1. The number of anilines is 2. The normalized spacial score (nSPS) is 17.2. The number of nitrogens with one attached hydrogen (secondary N) is 1. The van der Waals surface area contributed by atoms with Gasteiger partial charge in [0.2, 0.25) is 11.8 Å². The summed E-state index contributed by atoms with van der Waals surface area (Å²) in [6.45, 7) is 0.380. The Labute approximate surface area is 134 Å². The maximum atomic E-state index is 12.3. The van der Waals surface area contributed by atoms with Gasteiger partial charge in [0.1, 0.15) is 5.75 Å². The molecule has 1 N–H and O–H groups in total. The minimum atomic E-state index is -0.353. The van der Waals surface area contributed by atoms with E-state index in [2.05, 4.69) is 5.32 Å². The molecule has 1 fully saturated rings. The van der Waals surface area contributed by atoms with E-state index < -0.39 is 0 Å². The fourth-order valence-corrected chi connectivity index (χ4v) is 2.68. The van der Waals surface area contributed by atoms with Crippen LogP contribution in [0.15, 0.2) is 54.6 Å². The molecule has 3 rings (SSSR count). The molecule has 1 unspecified atom stereocenters. The summed E-state index contributed by atoms with van der Waals surface area (Å²) in [5.41, 5.74) is 1.49. The smallest absolute Gasteiger partial charge is 0.229 e. The van der Waals surface area contributed by atoms with Crippen molar-refractivity contribution in [2.75, 3.05) is 23.9 Å². The summed E-state index contributed by atoms with van der Waals surface area (Å²) in [5, 5.41) is 2.86. The van der Waals surface area contributed by atoms with Crippen LogP contribution >= 0.6 is 0 Å². The Hall–Kier alpha value is -2.82. The molecule has 5 heteroatoms. The van der Waals surface area contributed by atoms with E-state index in [0.29, 0.717) is 12.3 Å². The summed E-state index contributed by atoms with van der Waals surface area (Å²) in [6, 6.07) is 16.6. The standard InChI is InChI=1S/C18H18N2O3/c1-23-16-9-5-8-15(11-16)20-12-13(10-17(20)21)18(22)19-14-6-3-2-4-7-14/h2-9,11,13H,10,12H2,1H3,(H,19,22). The van der Waals surface area contributed by atoms with Crippen LogP contribution < -0.4 is 15.0 Å². The van der Waals surface area contributed by atoms with E-state index in [-0.39, 0.29) is 24.2 Å². The van der Waals surface area contributed by atoms with Crippen molar-refractivity contribution < 1.29 is 14.3 Å². The number of carbonyl (C=O) groups excluding carboxylic acids is 2. The predicted molar refractivity (Wildman–Crippen MR) is 88.5 cm³/mol. The minimum absolute atomic E-state index is 0.0496. The second-order valence-corrected chi connectivity index (χ2v) is 5.46. The summed E-state index contributed by atoms with van der Waals surface area (Å²) in [6.07, 6.45) is 0.218. The number of hydrogen-bond acceptors (Lipinski definition) is 3.